The Labute approximate surface area is 220 Å². The van der Waals surface area contributed by atoms with E-state index in [2.05, 4.69) is 9.62 Å². The summed E-state index contributed by atoms with van der Waals surface area (Å²) in [5.41, 5.74) is 1.36. The van der Waals surface area contributed by atoms with Gasteiger partial charge in [0.15, 0.2) is 6.61 Å². The number of halogens is 2. The number of sulfonamides is 1. The summed E-state index contributed by atoms with van der Waals surface area (Å²) in [4.78, 5) is 16.6. The van der Waals surface area contributed by atoms with Crippen molar-refractivity contribution in [2.75, 3.05) is 49.5 Å². The standard InChI is InChI=1S/C25H25Cl2N3O5S/c1-34-24-5-3-2-4-22(24)29-12-14-30(15-13-29)25(31)17-35-23-11-10-20(16-21(23)27)36(32,33)28-19-8-6-18(26)7-9-19/h2-11,16,28H,12-15,17H2,1H3. The fourth-order valence-electron chi connectivity index (χ4n) is 3.82. The van der Waals surface area contributed by atoms with E-state index in [1.807, 2.05) is 24.3 Å². The van der Waals surface area contributed by atoms with Gasteiger partial charge in [0, 0.05) is 36.9 Å². The highest BCUT2D eigenvalue weighted by Gasteiger charge is 2.24. The summed E-state index contributed by atoms with van der Waals surface area (Å²) in [5.74, 6) is 0.846. The molecule has 0 unspecified atom stereocenters. The van der Waals surface area contributed by atoms with Crippen LogP contribution in [-0.4, -0.2) is 59.1 Å². The fourth-order valence-corrected chi connectivity index (χ4v) is 5.33. The van der Waals surface area contributed by atoms with Gasteiger partial charge in [-0.25, -0.2) is 8.42 Å². The highest BCUT2D eigenvalue weighted by atomic mass is 35.5. The number of ether oxygens (including phenoxy) is 2. The van der Waals surface area contributed by atoms with Crippen LogP contribution >= 0.6 is 23.2 Å². The first-order chi connectivity index (χ1) is 17.3. The molecule has 0 atom stereocenters. The average Bonchev–Trinajstić information content (AvgIpc) is 2.89. The Morgan fingerprint density at radius 3 is 2.31 bits per heavy atom. The van der Waals surface area contributed by atoms with Crippen molar-refractivity contribution in [3.63, 3.8) is 0 Å². The van der Waals surface area contributed by atoms with Crippen molar-refractivity contribution in [3.05, 3.63) is 76.8 Å². The van der Waals surface area contributed by atoms with Gasteiger partial charge in [-0.1, -0.05) is 35.3 Å². The second kappa shape index (κ2) is 11.3. The summed E-state index contributed by atoms with van der Waals surface area (Å²) in [7, 11) is -2.23. The molecule has 0 radical (unpaired) electrons. The lowest BCUT2D eigenvalue weighted by molar-refractivity contribution is -0.133. The van der Waals surface area contributed by atoms with Crippen molar-refractivity contribution in [3.8, 4) is 11.5 Å². The van der Waals surface area contributed by atoms with Crippen LogP contribution in [0.25, 0.3) is 0 Å². The molecule has 36 heavy (non-hydrogen) atoms. The number of piperazine rings is 1. The smallest absolute Gasteiger partial charge is 0.261 e. The van der Waals surface area contributed by atoms with Gasteiger partial charge in [0.1, 0.15) is 11.5 Å². The van der Waals surface area contributed by atoms with E-state index in [1.54, 1.807) is 36.3 Å². The first-order valence-corrected chi connectivity index (χ1v) is 13.4. The summed E-state index contributed by atoms with van der Waals surface area (Å²) >= 11 is 12.1. The molecule has 0 saturated carbocycles. The number of nitrogens with zero attached hydrogens (tertiary/aromatic N) is 2. The number of benzene rings is 3. The summed E-state index contributed by atoms with van der Waals surface area (Å²) in [6, 6.07) is 18.1. The molecule has 8 nitrogen and oxygen atoms in total. The van der Waals surface area contributed by atoms with Gasteiger partial charge in [-0.15, -0.1) is 0 Å². The van der Waals surface area contributed by atoms with Crippen LogP contribution in [0, 0.1) is 0 Å². The molecule has 0 spiro atoms. The fraction of sp³-hybridized carbons (Fsp3) is 0.240. The molecule has 3 aromatic carbocycles. The van der Waals surface area contributed by atoms with E-state index in [0.717, 1.165) is 11.4 Å². The molecule has 1 aliphatic rings. The maximum Gasteiger partial charge on any atom is 0.261 e. The maximum atomic E-state index is 12.7. The minimum atomic E-state index is -3.87. The van der Waals surface area contributed by atoms with E-state index in [-0.39, 0.29) is 28.2 Å². The van der Waals surface area contributed by atoms with Crippen LogP contribution in [0.2, 0.25) is 10.0 Å². The van der Waals surface area contributed by atoms with Crippen LogP contribution in [-0.2, 0) is 14.8 Å². The topological polar surface area (TPSA) is 88.2 Å². The van der Waals surface area contributed by atoms with Crippen LogP contribution in [0.15, 0.2) is 71.6 Å². The predicted octanol–water partition coefficient (Wildman–Crippen LogP) is 4.53. The molecule has 11 heteroatoms. The lowest BCUT2D eigenvalue weighted by Gasteiger charge is -2.36. The molecule has 1 aliphatic heterocycles. The number of anilines is 2. The van der Waals surface area contributed by atoms with Crippen LogP contribution in [0.3, 0.4) is 0 Å². The van der Waals surface area contributed by atoms with Crippen LogP contribution < -0.4 is 19.1 Å². The first-order valence-electron chi connectivity index (χ1n) is 11.1. The quantitative estimate of drug-likeness (QED) is 0.444. The maximum absolute atomic E-state index is 12.7. The summed E-state index contributed by atoms with van der Waals surface area (Å²) < 4.78 is 38.9. The van der Waals surface area contributed by atoms with Gasteiger partial charge in [0.05, 0.1) is 22.7 Å². The number of carbonyl (C=O) groups excluding carboxylic acids is 1. The molecular formula is C25H25Cl2N3O5S. The third kappa shape index (κ3) is 6.16. The average molecular weight is 550 g/mol. The predicted molar refractivity (Wildman–Crippen MR) is 141 cm³/mol. The van der Waals surface area contributed by atoms with Crippen molar-refractivity contribution < 1.29 is 22.7 Å². The van der Waals surface area contributed by atoms with Crippen LogP contribution in [0.1, 0.15) is 0 Å². The number of hydrogen-bond acceptors (Lipinski definition) is 6. The van der Waals surface area contributed by atoms with Crippen LogP contribution in [0.5, 0.6) is 11.5 Å². The summed E-state index contributed by atoms with van der Waals surface area (Å²) in [5, 5.41) is 0.582. The molecular weight excluding hydrogens is 525 g/mol. The van der Waals surface area contributed by atoms with E-state index in [0.29, 0.717) is 36.9 Å². The van der Waals surface area contributed by atoms with Gasteiger partial charge in [-0.2, -0.15) is 0 Å². The van der Waals surface area contributed by atoms with Crippen molar-refractivity contribution in [1.82, 2.24) is 4.90 Å². The van der Waals surface area contributed by atoms with Gasteiger partial charge in [-0.05, 0) is 54.6 Å². The number of carbonyl (C=O) groups is 1. The highest BCUT2D eigenvalue weighted by molar-refractivity contribution is 7.92. The molecule has 0 bridgehead atoms. The highest BCUT2D eigenvalue weighted by Crippen LogP contribution is 2.30. The minimum Gasteiger partial charge on any atom is -0.495 e. The van der Waals surface area contributed by atoms with Gasteiger partial charge in [-0.3, -0.25) is 9.52 Å². The Kier molecular flexibility index (Phi) is 8.13. The number of hydrogen-bond donors (Lipinski definition) is 1. The van der Waals surface area contributed by atoms with Gasteiger partial charge < -0.3 is 19.3 Å². The second-order valence-corrected chi connectivity index (χ2v) is 10.6. The molecule has 1 amide bonds. The Morgan fingerprint density at radius 2 is 1.64 bits per heavy atom. The van der Waals surface area contributed by atoms with E-state index >= 15 is 0 Å². The zero-order chi connectivity index (χ0) is 25.7. The number of para-hydroxylation sites is 2. The molecule has 4 rings (SSSR count). The monoisotopic (exact) mass is 549 g/mol. The van der Waals surface area contributed by atoms with E-state index in [1.165, 1.54) is 18.2 Å². The van der Waals surface area contributed by atoms with Crippen molar-refractivity contribution in [1.29, 1.82) is 0 Å². The zero-order valence-electron chi connectivity index (χ0n) is 19.5. The van der Waals surface area contributed by atoms with Gasteiger partial charge in [0.2, 0.25) is 0 Å². The minimum absolute atomic E-state index is 0.0337. The third-order valence-corrected chi connectivity index (χ3v) is 7.65. The molecule has 190 valence electrons. The normalized spacial score (nSPS) is 13.9. The van der Waals surface area contributed by atoms with Crippen LogP contribution in [0.4, 0.5) is 11.4 Å². The van der Waals surface area contributed by atoms with E-state index in [4.69, 9.17) is 32.7 Å². The molecule has 3 aromatic rings. The molecule has 1 heterocycles. The zero-order valence-corrected chi connectivity index (χ0v) is 21.8. The third-order valence-electron chi connectivity index (χ3n) is 5.72. The van der Waals surface area contributed by atoms with Crippen molar-refractivity contribution >= 4 is 50.5 Å². The summed E-state index contributed by atoms with van der Waals surface area (Å²) in [6.07, 6.45) is 0. The van der Waals surface area contributed by atoms with E-state index < -0.39 is 10.0 Å². The molecule has 0 aromatic heterocycles. The van der Waals surface area contributed by atoms with Crippen molar-refractivity contribution in [2.24, 2.45) is 0 Å². The Bertz CT molecular complexity index is 1330. The Hall–Kier alpha value is -3.14. The number of methoxy groups -OCH3 is 1. The first kappa shape index (κ1) is 25.9. The largest absolute Gasteiger partial charge is 0.495 e. The molecule has 1 fully saturated rings. The second-order valence-electron chi connectivity index (χ2n) is 8.03. The Balaban J connectivity index is 1.32. The van der Waals surface area contributed by atoms with E-state index in [9.17, 15) is 13.2 Å². The van der Waals surface area contributed by atoms with Crippen molar-refractivity contribution in [2.45, 2.75) is 4.90 Å². The number of amides is 1. The summed E-state index contributed by atoms with van der Waals surface area (Å²) in [6.45, 7) is 2.21. The molecule has 1 N–H and O–H groups in total. The van der Waals surface area contributed by atoms with Gasteiger partial charge in [0.25, 0.3) is 15.9 Å². The Morgan fingerprint density at radius 1 is 0.944 bits per heavy atom. The number of rotatable bonds is 8. The lowest BCUT2D eigenvalue weighted by atomic mass is 10.2. The molecule has 1 saturated heterocycles. The lowest BCUT2D eigenvalue weighted by Crippen LogP contribution is -2.50. The SMILES string of the molecule is COc1ccccc1N1CCN(C(=O)COc2ccc(S(=O)(=O)Nc3ccc(Cl)cc3)cc2Cl)CC1. The number of nitrogens with one attached hydrogen (secondary N) is 1. The molecule has 0 aliphatic carbocycles. The van der Waals surface area contributed by atoms with Gasteiger partial charge >= 0.3 is 0 Å².